The van der Waals surface area contributed by atoms with Gasteiger partial charge in [-0.2, -0.15) is 9.78 Å². The highest BCUT2D eigenvalue weighted by molar-refractivity contribution is 5.91. The van der Waals surface area contributed by atoms with Gasteiger partial charge < -0.3 is 10.1 Å². The lowest BCUT2D eigenvalue weighted by Crippen LogP contribution is -2.24. The number of hydrogen-bond acceptors (Lipinski definition) is 5. The second-order valence-electron chi connectivity index (χ2n) is 6.54. The third-order valence-electron chi connectivity index (χ3n) is 4.41. The monoisotopic (exact) mass is 383 g/mol. The highest BCUT2D eigenvalue weighted by Crippen LogP contribution is 2.19. The zero-order chi connectivity index (χ0) is 19.7. The van der Waals surface area contributed by atoms with Crippen LogP contribution < -0.4 is 15.6 Å². The number of nitrogens with zero attached hydrogens (tertiary/aromatic N) is 3. The Morgan fingerprint density at radius 1 is 1.32 bits per heavy atom. The molecule has 0 saturated heterocycles. The van der Waals surface area contributed by atoms with Crippen LogP contribution in [-0.4, -0.2) is 32.3 Å². The summed E-state index contributed by atoms with van der Waals surface area (Å²) in [6, 6.07) is 7.05. The normalized spacial score (nSPS) is 12.6. The topological polar surface area (TPSA) is 102 Å². The number of ether oxygens (including phenoxy) is 1. The Morgan fingerprint density at radius 3 is 2.89 bits per heavy atom. The van der Waals surface area contributed by atoms with Crippen molar-refractivity contribution in [2.75, 3.05) is 11.9 Å². The molecule has 2 aromatic heterocycles. The summed E-state index contributed by atoms with van der Waals surface area (Å²) in [5, 5.41) is 7.01. The molecule has 4 rings (SSSR count). The van der Waals surface area contributed by atoms with Crippen LogP contribution in [-0.2, 0) is 17.6 Å². The Bertz CT molecular complexity index is 1090. The Hall–Kier alpha value is -3.49. The maximum absolute atomic E-state index is 12.9. The van der Waals surface area contributed by atoms with Crippen molar-refractivity contribution in [2.24, 2.45) is 0 Å². The molecule has 1 aliphatic carbocycles. The van der Waals surface area contributed by atoms with Gasteiger partial charge in [0.1, 0.15) is 17.4 Å². The molecule has 0 bridgehead atoms. The van der Waals surface area contributed by atoms with E-state index in [2.05, 4.69) is 20.4 Å². The van der Waals surface area contributed by atoms with Gasteiger partial charge in [0.05, 0.1) is 11.4 Å². The van der Waals surface area contributed by atoms with E-state index >= 15 is 0 Å². The Morgan fingerprint density at radius 2 is 2.11 bits per heavy atom. The molecule has 0 atom stereocenters. The third kappa shape index (κ3) is 3.64. The van der Waals surface area contributed by atoms with Crippen LogP contribution in [0.3, 0.4) is 0 Å². The number of H-pyrrole nitrogens is 1. The molecule has 2 N–H and O–H groups in total. The number of nitrogens with one attached hydrogen (secondary N) is 2. The molecular weight excluding hydrogens is 365 g/mol. The van der Waals surface area contributed by atoms with Crippen LogP contribution in [0.4, 0.5) is 10.2 Å². The summed E-state index contributed by atoms with van der Waals surface area (Å²) in [6.07, 6.45) is 2.37. The van der Waals surface area contributed by atoms with E-state index in [0.717, 1.165) is 25.0 Å². The lowest BCUT2D eigenvalue weighted by molar-refractivity contribution is -0.118. The largest absolute Gasteiger partial charge is 0.484 e. The van der Waals surface area contributed by atoms with Crippen LogP contribution in [0.5, 0.6) is 5.75 Å². The molecule has 3 aromatic rings. The highest BCUT2D eigenvalue weighted by atomic mass is 19.1. The molecule has 8 nitrogen and oxygen atoms in total. The lowest BCUT2D eigenvalue weighted by atomic mass is 10.3. The van der Waals surface area contributed by atoms with Gasteiger partial charge in [-0.1, -0.05) is 0 Å². The molecular formula is C19H18FN5O3. The second kappa shape index (κ2) is 7.26. The Labute approximate surface area is 159 Å². The van der Waals surface area contributed by atoms with Gasteiger partial charge in [-0.15, -0.1) is 0 Å². The Balaban J connectivity index is 1.52. The zero-order valence-corrected chi connectivity index (χ0v) is 15.2. The number of rotatable bonds is 5. The minimum Gasteiger partial charge on any atom is -0.484 e. The predicted octanol–water partition coefficient (Wildman–Crippen LogP) is 1.91. The number of fused-ring (bicyclic) bond motifs is 1. The quantitative estimate of drug-likeness (QED) is 0.701. The van der Waals surface area contributed by atoms with E-state index in [1.165, 1.54) is 28.9 Å². The number of anilines is 1. The first-order valence-corrected chi connectivity index (χ1v) is 8.87. The van der Waals surface area contributed by atoms with Gasteiger partial charge in [0, 0.05) is 11.6 Å². The number of aromatic amines is 1. The van der Waals surface area contributed by atoms with Crippen LogP contribution in [0.1, 0.15) is 23.4 Å². The zero-order valence-electron chi connectivity index (χ0n) is 15.2. The molecule has 0 unspecified atom stereocenters. The van der Waals surface area contributed by atoms with Crippen LogP contribution in [0.2, 0.25) is 0 Å². The number of aryl methyl sites for hydroxylation is 2. The smallest absolute Gasteiger partial charge is 0.263 e. The van der Waals surface area contributed by atoms with Crippen molar-refractivity contribution < 1.29 is 13.9 Å². The standard InChI is InChI=1S/C19H18FN5O3/c1-11-9-16(22-17(26)10-28-13-7-5-12(20)6-8-13)25(24-11)19-21-15-4-2-3-14(15)18(27)23-19/h5-9H,2-4,10H2,1H3,(H,22,26)(H,21,23,27). The average molecular weight is 383 g/mol. The van der Waals surface area contributed by atoms with Crippen LogP contribution in [0, 0.1) is 12.7 Å². The van der Waals surface area contributed by atoms with E-state index in [0.29, 0.717) is 22.8 Å². The molecule has 0 fully saturated rings. The van der Waals surface area contributed by atoms with Gasteiger partial charge in [0.15, 0.2) is 6.61 Å². The maximum Gasteiger partial charge on any atom is 0.263 e. The fraction of sp³-hybridized carbons (Fsp3) is 0.263. The van der Waals surface area contributed by atoms with Crippen molar-refractivity contribution in [1.29, 1.82) is 0 Å². The van der Waals surface area contributed by atoms with Crippen molar-refractivity contribution in [3.05, 3.63) is 63.5 Å². The van der Waals surface area contributed by atoms with E-state index in [1.807, 2.05) is 0 Å². The number of carbonyl (C=O) groups is 1. The summed E-state index contributed by atoms with van der Waals surface area (Å²) in [5.41, 5.74) is 1.95. The van der Waals surface area contributed by atoms with Gasteiger partial charge in [-0.3, -0.25) is 14.6 Å². The van der Waals surface area contributed by atoms with Gasteiger partial charge in [-0.05, 0) is 50.5 Å². The van der Waals surface area contributed by atoms with Gasteiger partial charge in [0.25, 0.3) is 11.5 Å². The van der Waals surface area contributed by atoms with E-state index in [9.17, 15) is 14.0 Å². The van der Waals surface area contributed by atoms with Crippen molar-refractivity contribution in [3.63, 3.8) is 0 Å². The number of aromatic nitrogens is 4. The summed E-state index contributed by atoms with van der Waals surface area (Å²) >= 11 is 0. The molecule has 0 aliphatic heterocycles. The fourth-order valence-electron chi connectivity index (χ4n) is 3.14. The van der Waals surface area contributed by atoms with Gasteiger partial charge in [-0.25, -0.2) is 9.37 Å². The SMILES string of the molecule is Cc1cc(NC(=O)COc2ccc(F)cc2)n(-c2nc3c(c(=O)[nH]2)CCC3)n1. The molecule has 9 heteroatoms. The van der Waals surface area contributed by atoms with Crippen molar-refractivity contribution in [3.8, 4) is 11.7 Å². The van der Waals surface area contributed by atoms with Gasteiger partial charge in [0.2, 0.25) is 5.95 Å². The first kappa shape index (κ1) is 17.9. The number of halogens is 1. The van der Waals surface area contributed by atoms with Crippen LogP contribution in [0.15, 0.2) is 35.1 Å². The summed E-state index contributed by atoms with van der Waals surface area (Å²) < 4.78 is 19.7. The van der Waals surface area contributed by atoms with Crippen molar-refractivity contribution in [2.45, 2.75) is 26.2 Å². The minimum atomic E-state index is -0.422. The molecule has 0 spiro atoms. The van der Waals surface area contributed by atoms with E-state index < -0.39 is 5.91 Å². The summed E-state index contributed by atoms with van der Waals surface area (Å²) in [5.74, 6) is 0.201. The van der Waals surface area contributed by atoms with Crippen LogP contribution >= 0.6 is 0 Å². The summed E-state index contributed by atoms with van der Waals surface area (Å²) in [4.78, 5) is 31.7. The molecule has 0 saturated carbocycles. The number of amides is 1. The minimum absolute atomic E-state index is 0.178. The Kier molecular flexibility index (Phi) is 4.64. The van der Waals surface area contributed by atoms with Crippen molar-refractivity contribution in [1.82, 2.24) is 19.7 Å². The molecule has 144 valence electrons. The maximum atomic E-state index is 12.9. The molecule has 28 heavy (non-hydrogen) atoms. The van der Waals surface area contributed by atoms with Crippen LogP contribution in [0.25, 0.3) is 5.95 Å². The molecule has 1 aromatic carbocycles. The number of benzene rings is 1. The first-order valence-electron chi connectivity index (χ1n) is 8.87. The summed E-state index contributed by atoms with van der Waals surface area (Å²) in [6.45, 7) is 1.51. The second-order valence-corrected chi connectivity index (χ2v) is 6.54. The van der Waals surface area contributed by atoms with E-state index in [1.54, 1.807) is 13.0 Å². The first-order chi connectivity index (χ1) is 13.5. The van der Waals surface area contributed by atoms with E-state index in [4.69, 9.17) is 4.74 Å². The molecule has 1 aliphatic rings. The number of carbonyl (C=O) groups excluding carboxylic acids is 1. The molecule has 0 radical (unpaired) electrons. The van der Waals surface area contributed by atoms with Crippen molar-refractivity contribution >= 4 is 11.7 Å². The average Bonchev–Trinajstić information content (AvgIpc) is 3.28. The summed E-state index contributed by atoms with van der Waals surface area (Å²) in [7, 11) is 0. The number of hydrogen-bond donors (Lipinski definition) is 2. The molecule has 2 heterocycles. The highest BCUT2D eigenvalue weighted by Gasteiger charge is 2.20. The fourth-order valence-corrected chi connectivity index (χ4v) is 3.14. The van der Waals surface area contributed by atoms with E-state index in [-0.39, 0.29) is 23.9 Å². The predicted molar refractivity (Wildman–Crippen MR) is 99.3 cm³/mol. The third-order valence-corrected chi connectivity index (χ3v) is 4.41. The molecule has 1 amide bonds. The van der Waals surface area contributed by atoms with Gasteiger partial charge >= 0.3 is 0 Å². The lowest BCUT2D eigenvalue weighted by Gasteiger charge is -2.10.